The van der Waals surface area contributed by atoms with E-state index in [-0.39, 0.29) is 5.78 Å². The van der Waals surface area contributed by atoms with Gasteiger partial charge in [0.15, 0.2) is 5.78 Å². The number of fused-ring (bicyclic) bond motifs is 1. The highest BCUT2D eigenvalue weighted by atomic mass is 35.5. The van der Waals surface area contributed by atoms with E-state index in [1.807, 2.05) is 6.07 Å². The van der Waals surface area contributed by atoms with Crippen molar-refractivity contribution in [1.29, 1.82) is 0 Å². The van der Waals surface area contributed by atoms with Crippen LogP contribution in [0.15, 0.2) is 12.1 Å². The standard InChI is InChI=1S/C11H12ClNO2/c1-6(13)10(14)9-5-8(12)4-7-2-3-15-11(7)9/h4-6H,2-3,13H2,1H3. The first-order chi connectivity index (χ1) is 7.09. The molecule has 0 aromatic heterocycles. The number of hydrogen-bond acceptors (Lipinski definition) is 3. The number of halogens is 1. The van der Waals surface area contributed by atoms with Crippen LogP contribution in [0.5, 0.6) is 5.75 Å². The van der Waals surface area contributed by atoms with Crippen molar-refractivity contribution in [3.05, 3.63) is 28.3 Å². The van der Waals surface area contributed by atoms with Gasteiger partial charge in [-0.05, 0) is 24.6 Å². The first kappa shape index (κ1) is 10.5. The maximum atomic E-state index is 11.8. The summed E-state index contributed by atoms with van der Waals surface area (Å²) >= 11 is 5.93. The second-order valence-electron chi connectivity index (χ2n) is 3.69. The summed E-state index contributed by atoms with van der Waals surface area (Å²) in [5.41, 5.74) is 7.06. The third-order valence-electron chi connectivity index (χ3n) is 2.43. The Kier molecular flexibility index (Phi) is 2.67. The zero-order chi connectivity index (χ0) is 11.0. The number of ketones is 1. The lowest BCUT2D eigenvalue weighted by molar-refractivity contribution is 0.0965. The molecule has 0 saturated carbocycles. The highest BCUT2D eigenvalue weighted by Crippen LogP contribution is 2.33. The molecule has 1 atom stereocenters. The lowest BCUT2D eigenvalue weighted by Crippen LogP contribution is -2.27. The zero-order valence-corrected chi connectivity index (χ0v) is 9.17. The highest BCUT2D eigenvalue weighted by molar-refractivity contribution is 6.31. The van der Waals surface area contributed by atoms with E-state index >= 15 is 0 Å². The van der Waals surface area contributed by atoms with Gasteiger partial charge in [-0.1, -0.05) is 11.6 Å². The summed E-state index contributed by atoms with van der Waals surface area (Å²) < 4.78 is 5.42. The van der Waals surface area contributed by atoms with Gasteiger partial charge in [0, 0.05) is 11.4 Å². The number of hydrogen-bond donors (Lipinski definition) is 1. The van der Waals surface area contributed by atoms with Crippen LogP contribution in [0.3, 0.4) is 0 Å². The molecular weight excluding hydrogens is 214 g/mol. The van der Waals surface area contributed by atoms with E-state index in [2.05, 4.69) is 0 Å². The molecule has 2 rings (SSSR count). The molecular formula is C11H12ClNO2. The minimum atomic E-state index is -0.531. The van der Waals surface area contributed by atoms with Crippen molar-refractivity contribution in [2.45, 2.75) is 19.4 Å². The van der Waals surface area contributed by atoms with Gasteiger partial charge in [0.1, 0.15) is 5.75 Å². The molecule has 4 heteroatoms. The molecule has 1 aromatic rings. The van der Waals surface area contributed by atoms with E-state index in [4.69, 9.17) is 22.1 Å². The van der Waals surface area contributed by atoms with Crippen molar-refractivity contribution in [2.75, 3.05) is 6.61 Å². The fourth-order valence-corrected chi connectivity index (χ4v) is 1.94. The number of ether oxygens (including phenoxy) is 1. The average Bonchev–Trinajstić information content (AvgIpc) is 2.62. The van der Waals surface area contributed by atoms with Crippen LogP contribution in [0.4, 0.5) is 0 Å². The van der Waals surface area contributed by atoms with Gasteiger partial charge in [-0.3, -0.25) is 4.79 Å². The van der Waals surface area contributed by atoms with Crippen LogP contribution in [0.25, 0.3) is 0 Å². The van der Waals surface area contributed by atoms with Gasteiger partial charge < -0.3 is 10.5 Å². The minimum absolute atomic E-state index is 0.129. The van der Waals surface area contributed by atoms with Gasteiger partial charge in [-0.2, -0.15) is 0 Å². The molecule has 0 spiro atoms. The summed E-state index contributed by atoms with van der Waals surface area (Å²) in [5.74, 6) is 0.525. The Labute approximate surface area is 93.2 Å². The molecule has 80 valence electrons. The van der Waals surface area contributed by atoms with Crippen molar-refractivity contribution in [3.63, 3.8) is 0 Å². The molecule has 2 N–H and O–H groups in total. The third-order valence-corrected chi connectivity index (χ3v) is 2.65. The normalized spacial score (nSPS) is 15.7. The largest absolute Gasteiger partial charge is 0.492 e. The zero-order valence-electron chi connectivity index (χ0n) is 8.42. The van der Waals surface area contributed by atoms with Crippen LogP contribution in [0.2, 0.25) is 5.02 Å². The first-order valence-electron chi connectivity index (χ1n) is 4.84. The molecule has 1 aliphatic heterocycles. The molecule has 15 heavy (non-hydrogen) atoms. The molecule has 1 unspecified atom stereocenters. The van der Waals surface area contributed by atoms with Crippen molar-refractivity contribution < 1.29 is 9.53 Å². The Balaban J connectivity index is 2.51. The van der Waals surface area contributed by atoms with Gasteiger partial charge in [-0.25, -0.2) is 0 Å². The van der Waals surface area contributed by atoms with Gasteiger partial charge in [0.25, 0.3) is 0 Å². The predicted molar refractivity (Wildman–Crippen MR) is 58.6 cm³/mol. The lowest BCUT2D eigenvalue weighted by atomic mass is 10.0. The fraction of sp³-hybridized carbons (Fsp3) is 0.364. The molecule has 0 radical (unpaired) electrons. The Hall–Kier alpha value is -1.06. The van der Waals surface area contributed by atoms with Crippen LogP contribution >= 0.6 is 11.6 Å². The van der Waals surface area contributed by atoms with E-state index in [0.29, 0.717) is 22.9 Å². The van der Waals surface area contributed by atoms with Gasteiger partial charge >= 0.3 is 0 Å². The monoisotopic (exact) mass is 225 g/mol. The first-order valence-corrected chi connectivity index (χ1v) is 5.22. The number of Topliss-reactive ketones (excluding diaryl/α,β-unsaturated/α-hetero) is 1. The van der Waals surface area contributed by atoms with E-state index in [0.717, 1.165) is 12.0 Å². The molecule has 0 bridgehead atoms. The van der Waals surface area contributed by atoms with Crippen molar-refractivity contribution >= 4 is 17.4 Å². The highest BCUT2D eigenvalue weighted by Gasteiger charge is 2.23. The van der Waals surface area contributed by atoms with Gasteiger partial charge in [0.05, 0.1) is 18.2 Å². The number of nitrogens with two attached hydrogens (primary N) is 1. The maximum absolute atomic E-state index is 11.8. The maximum Gasteiger partial charge on any atom is 0.183 e. The van der Waals surface area contributed by atoms with Crippen LogP contribution in [-0.2, 0) is 6.42 Å². The van der Waals surface area contributed by atoms with E-state index in [1.165, 1.54) is 0 Å². The lowest BCUT2D eigenvalue weighted by Gasteiger charge is -2.09. The molecule has 1 aromatic carbocycles. The molecule has 1 aliphatic rings. The van der Waals surface area contributed by atoms with Crippen molar-refractivity contribution in [2.24, 2.45) is 5.73 Å². The summed E-state index contributed by atoms with van der Waals surface area (Å²) in [4.78, 5) is 11.8. The SMILES string of the molecule is CC(N)C(=O)c1cc(Cl)cc2c1OCC2. The Bertz CT molecular complexity index is 415. The quantitative estimate of drug-likeness (QED) is 0.781. The summed E-state index contributed by atoms with van der Waals surface area (Å²) in [7, 11) is 0. The topological polar surface area (TPSA) is 52.3 Å². The van der Waals surface area contributed by atoms with Crippen LogP contribution in [0, 0.1) is 0 Å². The number of rotatable bonds is 2. The third kappa shape index (κ3) is 1.85. The molecule has 3 nitrogen and oxygen atoms in total. The van der Waals surface area contributed by atoms with E-state index in [1.54, 1.807) is 13.0 Å². The molecule has 0 aliphatic carbocycles. The molecule has 0 amide bonds. The van der Waals surface area contributed by atoms with E-state index in [9.17, 15) is 4.79 Å². The average molecular weight is 226 g/mol. The van der Waals surface area contributed by atoms with Gasteiger partial charge in [-0.15, -0.1) is 0 Å². The van der Waals surface area contributed by atoms with Crippen LogP contribution in [-0.4, -0.2) is 18.4 Å². The second kappa shape index (κ2) is 3.83. The summed E-state index contributed by atoms with van der Waals surface area (Å²) in [6.45, 7) is 2.26. The summed E-state index contributed by atoms with van der Waals surface area (Å²) in [6.07, 6.45) is 0.801. The van der Waals surface area contributed by atoms with Crippen molar-refractivity contribution in [1.82, 2.24) is 0 Å². The number of carbonyl (C=O) groups excluding carboxylic acids is 1. The minimum Gasteiger partial charge on any atom is -0.492 e. The Morgan fingerprint density at radius 3 is 3.00 bits per heavy atom. The fourth-order valence-electron chi connectivity index (χ4n) is 1.70. The Morgan fingerprint density at radius 2 is 2.33 bits per heavy atom. The summed E-state index contributed by atoms with van der Waals surface area (Å²) in [6, 6.07) is 2.93. The van der Waals surface area contributed by atoms with Crippen LogP contribution < -0.4 is 10.5 Å². The van der Waals surface area contributed by atoms with Gasteiger partial charge in [0.2, 0.25) is 0 Å². The predicted octanol–water partition coefficient (Wildman–Crippen LogP) is 1.80. The smallest absolute Gasteiger partial charge is 0.183 e. The van der Waals surface area contributed by atoms with Crippen LogP contribution in [0.1, 0.15) is 22.8 Å². The second-order valence-corrected chi connectivity index (χ2v) is 4.13. The molecule has 0 saturated heterocycles. The Morgan fingerprint density at radius 1 is 1.60 bits per heavy atom. The van der Waals surface area contributed by atoms with Crippen molar-refractivity contribution in [3.8, 4) is 5.75 Å². The molecule has 1 heterocycles. The number of carbonyl (C=O) groups is 1. The molecule has 0 fully saturated rings. The van der Waals surface area contributed by atoms with E-state index < -0.39 is 6.04 Å². The number of benzene rings is 1. The summed E-state index contributed by atoms with van der Waals surface area (Å²) in [5, 5.41) is 0.559.